The van der Waals surface area contributed by atoms with Crippen molar-refractivity contribution in [3.8, 4) is 5.75 Å². The highest BCUT2D eigenvalue weighted by Gasteiger charge is 2.29. The third kappa shape index (κ3) is 8.16. The number of halogens is 5. The van der Waals surface area contributed by atoms with Crippen molar-refractivity contribution in [1.29, 1.82) is 0 Å². The van der Waals surface area contributed by atoms with Crippen molar-refractivity contribution in [2.24, 2.45) is 0 Å². The summed E-state index contributed by atoms with van der Waals surface area (Å²) in [5.41, 5.74) is 4.78. The molecule has 204 valence electrons. The van der Waals surface area contributed by atoms with Crippen molar-refractivity contribution in [2.45, 2.75) is 51.6 Å². The molecule has 0 aromatic heterocycles. The normalized spacial score (nSPS) is 11.9. The molecule has 0 N–H and O–H groups in total. The lowest BCUT2D eigenvalue weighted by Crippen LogP contribution is -2.19. The average Bonchev–Trinajstić information content (AvgIpc) is 2.91. The minimum atomic E-state index is -4.54. The van der Waals surface area contributed by atoms with Gasteiger partial charge in [-0.25, -0.2) is 8.78 Å². The zero-order valence-corrected chi connectivity index (χ0v) is 21.8. The molecule has 4 aromatic rings. The summed E-state index contributed by atoms with van der Waals surface area (Å²) < 4.78 is 70.8. The zero-order valence-electron chi connectivity index (χ0n) is 21.8. The Balaban J connectivity index is 1.35. The molecular weight excluding hydrogens is 507 g/mol. The highest BCUT2D eigenvalue weighted by molar-refractivity contribution is 5.84. The Morgan fingerprint density at radius 2 is 1.31 bits per heavy atom. The number of hydrogen-bond acceptors (Lipinski definition) is 1. The number of aryl methyl sites for hydroxylation is 5. The van der Waals surface area contributed by atoms with Gasteiger partial charge in [-0.05, 0) is 90.8 Å². The van der Waals surface area contributed by atoms with Gasteiger partial charge in [0.05, 0.1) is 0 Å². The summed E-state index contributed by atoms with van der Waals surface area (Å²) in [7, 11) is 0. The van der Waals surface area contributed by atoms with Crippen LogP contribution in [0.5, 0.6) is 5.75 Å². The van der Waals surface area contributed by atoms with Crippen molar-refractivity contribution in [2.75, 3.05) is 6.61 Å². The number of ether oxygens (including phenoxy) is 1. The van der Waals surface area contributed by atoms with Crippen molar-refractivity contribution < 1.29 is 26.7 Å². The van der Waals surface area contributed by atoms with Gasteiger partial charge in [0.1, 0.15) is 5.82 Å². The van der Waals surface area contributed by atoms with E-state index in [1.807, 2.05) is 25.1 Å². The summed E-state index contributed by atoms with van der Waals surface area (Å²) in [6.07, 6.45) is 4.19. The molecule has 1 nitrogen and oxygen atoms in total. The lowest BCUT2D eigenvalue weighted by atomic mass is 9.97. The van der Waals surface area contributed by atoms with E-state index >= 15 is 4.39 Å². The molecule has 0 saturated carbocycles. The monoisotopic (exact) mass is 538 g/mol. The standard InChI is InChI=1S/C33H31F5O/c1-2-3-4-5-23-6-8-24(9-7-23)10-11-25-13-18-29-28(20-25)17-16-27(32(29)35)15-12-26-14-19-31(30(34)21-26)39-22-33(36,37)38/h2-3,6-9,13-14,16-21H,4-5,10-12,15,22H2,1H3/b3-2+. The van der Waals surface area contributed by atoms with Crippen LogP contribution >= 0.6 is 0 Å². The van der Waals surface area contributed by atoms with Crippen molar-refractivity contribution >= 4 is 10.8 Å². The maximum atomic E-state index is 15.3. The van der Waals surface area contributed by atoms with Crippen LogP contribution in [0.2, 0.25) is 0 Å². The molecule has 39 heavy (non-hydrogen) atoms. The minimum Gasteiger partial charge on any atom is -0.481 e. The van der Waals surface area contributed by atoms with Crippen LogP contribution in [0.4, 0.5) is 22.0 Å². The van der Waals surface area contributed by atoms with Gasteiger partial charge in [0.15, 0.2) is 18.2 Å². The first-order valence-electron chi connectivity index (χ1n) is 13.1. The van der Waals surface area contributed by atoms with E-state index in [0.29, 0.717) is 29.4 Å². The molecule has 0 atom stereocenters. The van der Waals surface area contributed by atoms with Crippen LogP contribution in [0, 0.1) is 11.6 Å². The van der Waals surface area contributed by atoms with E-state index in [9.17, 15) is 17.6 Å². The van der Waals surface area contributed by atoms with Gasteiger partial charge < -0.3 is 4.74 Å². The van der Waals surface area contributed by atoms with Crippen molar-refractivity contribution in [1.82, 2.24) is 0 Å². The maximum Gasteiger partial charge on any atom is 0.422 e. The molecule has 4 aromatic carbocycles. The Labute approximate surface area is 225 Å². The van der Waals surface area contributed by atoms with Crippen LogP contribution in [-0.2, 0) is 32.1 Å². The van der Waals surface area contributed by atoms with E-state index in [1.54, 1.807) is 12.1 Å². The predicted molar refractivity (Wildman–Crippen MR) is 146 cm³/mol. The van der Waals surface area contributed by atoms with Crippen LogP contribution in [-0.4, -0.2) is 12.8 Å². The Hall–Kier alpha value is -3.67. The zero-order chi connectivity index (χ0) is 27.8. The fourth-order valence-corrected chi connectivity index (χ4v) is 4.57. The molecule has 6 heteroatoms. The van der Waals surface area contributed by atoms with Gasteiger partial charge >= 0.3 is 6.18 Å². The molecule has 0 unspecified atom stereocenters. The van der Waals surface area contributed by atoms with E-state index < -0.39 is 24.3 Å². The second-order valence-electron chi connectivity index (χ2n) is 9.69. The first-order valence-corrected chi connectivity index (χ1v) is 13.1. The SMILES string of the molecule is C/C=C/CCc1ccc(CCc2ccc3c(F)c(CCc4ccc(OCC(F)(F)F)c(F)c4)ccc3c2)cc1. The number of rotatable bonds is 11. The molecule has 0 radical (unpaired) electrons. The lowest BCUT2D eigenvalue weighted by Gasteiger charge is -2.11. The molecule has 0 aliphatic carbocycles. The van der Waals surface area contributed by atoms with Crippen molar-refractivity contribution in [3.63, 3.8) is 0 Å². The van der Waals surface area contributed by atoms with Gasteiger partial charge in [0.25, 0.3) is 0 Å². The lowest BCUT2D eigenvalue weighted by molar-refractivity contribution is -0.153. The summed E-state index contributed by atoms with van der Waals surface area (Å²) in [4.78, 5) is 0. The largest absolute Gasteiger partial charge is 0.481 e. The molecule has 0 aliphatic rings. The Morgan fingerprint density at radius 1 is 0.692 bits per heavy atom. The van der Waals surface area contributed by atoms with E-state index in [2.05, 4.69) is 41.2 Å². The molecule has 4 rings (SSSR count). The summed E-state index contributed by atoms with van der Waals surface area (Å²) >= 11 is 0. The summed E-state index contributed by atoms with van der Waals surface area (Å²) in [5.74, 6) is -1.64. The third-order valence-corrected chi connectivity index (χ3v) is 6.73. The molecule has 0 aliphatic heterocycles. The first-order chi connectivity index (χ1) is 18.7. The Kier molecular flexibility index (Phi) is 9.39. The molecule has 0 fully saturated rings. The number of fused-ring (bicyclic) bond motifs is 1. The molecule has 0 amide bonds. The number of benzene rings is 4. The van der Waals surface area contributed by atoms with E-state index in [4.69, 9.17) is 0 Å². The van der Waals surface area contributed by atoms with Gasteiger partial charge in [0.2, 0.25) is 0 Å². The van der Waals surface area contributed by atoms with Crippen LogP contribution in [0.3, 0.4) is 0 Å². The second kappa shape index (κ2) is 12.9. The summed E-state index contributed by atoms with van der Waals surface area (Å²) in [6, 6.07) is 21.9. The van der Waals surface area contributed by atoms with Gasteiger partial charge in [-0.15, -0.1) is 0 Å². The summed E-state index contributed by atoms with van der Waals surface area (Å²) in [5, 5.41) is 1.36. The second-order valence-corrected chi connectivity index (χ2v) is 9.69. The smallest absolute Gasteiger partial charge is 0.422 e. The van der Waals surface area contributed by atoms with Crippen LogP contribution in [0.1, 0.15) is 41.2 Å². The molecular formula is C33H31F5O. The molecule has 0 spiro atoms. The molecule has 0 heterocycles. The Bertz CT molecular complexity index is 1420. The van der Waals surface area contributed by atoms with Crippen LogP contribution in [0.15, 0.2) is 84.9 Å². The first kappa shape index (κ1) is 28.3. The summed E-state index contributed by atoms with van der Waals surface area (Å²) in [6.45, 7) is 0.472. The topological polar surface area (TPSA) is 9.23 Å². The van der Waals surface area contributed by atoms with Gasteiger partial charge in [-0.3, -0.25) is 0 Å². The van der Waals surface area contributed by atoms with Crippen molar-refractivity contribution in [3.05, 3.63) is 124 Å². The fraction of sp³-hybridized carbons (Fsp3) is 0.273. The molecule has 0 saturated heterocycles. The highest BCUT2D eigenvalue weighted by atomic mass is 19.4. The van der Waals surface area contributed by atoms with Gasteiger partial charge in [-0.2, -0.15) is 13.2 Å². The predicted octanol–water partition coefficient (Wildman–Crippen LogP) is 9.14. The number of hydrogen-bond donors (Lipinski definition) is 0. The maximum absolute atomic E-state index is 15.3. The van der Waals surface area contributed by atoms with Crippen LogP contribution in [0.25, 0.3) is 10.8 Å². The van der Waals surface area contributed by atoms with Crippen LogP contribution < -0.4 is 4.74 Å². The van der Waals surface area contributed by atoms with Gasteiger partial charge in [-0.1, -0.05) is 72.8 Å². The number of alkyl halides is 3. The fourth-order valence-electron chi connectivity index (χ4n) is 4.57. The molecule has 0 bridgehead atoms. The van der Waals surface area contributed by atoms with E-state index in [1.165, 1.54) is 23.3 Å². The third-order valence-electron chi connectivity index (χ3n) is 6.73. The quantitative estimate of drug-likeness (QED) is 0.137. The van der Waals surface area contributed by atoms with E-state index in [0.717, 1.165) is 42.7 Å². The number of allylic oxidation sites excluding steroid dienone is 2. The highest BCUT2D eigenvalue weighted by Crippen LogP contribution is 2.26. The average molecular weight is 539 g/mol. The van der Waals surface area contributed by atoms with E-state index in [-0.39, 0.29) is 5.82 Å². The van der Waals surface area contributed by atoms with Gasteiger partial charge in [0, 0.05) is 5.39 Å². The Morgan fingerprint density at radius 3 is 2.00 bits per heavy atom. The minimum absolute atomic E-state index is 0.307.